The zero-order chi connectivity index (χ0) is 6.85. The molecule has 0 aliphatic rings. The van der Waals surface area contributed by atoms with Crippen LogP contribution in [0.1, 0.15) is 0 Å². The van der Waals surface area contributed by atoms with E-state index >= 15 is 0 Å². The van der Waals surface area contributed by atoms with Gasteiger partial charge < -0.3 is 0 Å². The molecule has 1 aromatic rings. The quantitative estimate of drug-likeness (QED) is 0.437. The molecule has 0 nitrogen and oxygen atoms in total. The van der Waals surface area contributed by atoms with Crippen LogP contribution >= 0.6 is 0 Å². The van der Waals surface area contributed by atoms with Crippen molar-refractivity contribution >= 4 is 0 Å². The molecule has 58 valence electrons. The summed E-state index contributed by atoms with van der Waals surface area (Å²) in [5, 5.41) is 0. The molecule has 0 aliphatic carbocycles. The standard InChI is InChI=1S/C6H2F3.Cu/c7-4-1-5(8)3-6(9)2-4;/h1-2H;/q-1;+1. The zero-order valence-electron chi connectivity index (χ0n) is 4.59. The maximum atomic E-state index is 11.9. The third-order valence-electron chi connectivity index (χ3n) is 0.768. The largest absolute Gasteiger partial charge is 1.00 e. The first kappa shape index (κ1) is 9.53. The van der Waals surface area contributed by atoms with Crippen molar-refractivity contribution in [1.82, 2.24) is 0 Å². The van der Waals surface area contributed by atoms with E-state index in [9.17, 15) is 13.2 Å². The van der Waals surface area contributed by atoms with E-state index < -0.39 is 17.5 Å². The molecule has 0 amide bonds. The van der Waals surface area contributed by atoms with Crippen LogP contribution in [0.3, 0.4) is 0 Å². The summed E-state index contributed by atoms with van der Waals surface area (Å²) in [5.74, 6) is -2.97. The van der Waals surface area contributed by atoms with E-state index in [1.165, 1.54) is 0 Å². The van der Waals surface area contributed by atoms with Crippen molar-refractivity contribution in [3.63, 3.8) is 0 Å². The van der Waals surface area contributed by atoms with Crippen LogP contribution in [0.2, 0.25) is 0 Å². The molecule has 0 fully saturated rings. The number of benzene rings is 1. The smallest absolute Gasteiger partial charge is 0.236 e. The maximum Gasteiger partial charge on any atom is 1.00 e. The monoisotopic (exact) mass is 194 g/mol. The van der Waals surface area contributed by atoms with Gasteiger partial charge >= 0.3 is 17.1 Å². The van der Waals surface area contributed by atoms with Gasteiger partial charge in [0.05, 0.1) is 0 Å². The van der Waals surface area contributed by atoms with Gasteiger partial charge in [-0.2, -0.15) is 0 Å². The number of halogens is 3. The van der Waals surface area contributed by atoms with Crippen molar-refractivity contribution in [3.05, 3.63) is 35.7 Å². The molecule has 10 heavy (non-hydrogen) atoms. The number of hydrogen-bond acceptors (Lipinski definition) is 0. The van der Waals surface area contributed by atoms with E-state index in [-0.39, 0.29) is 17.1 Å². The number of rotatable bonds is 0. The number of hydrogen-bond donors (Lipinski definition) is 0. The summed E-state index contributed by atoms with van der Waals surface area (Å²) < 4.78 is 35.7. The van der Waals surface area contributed by atoms with E-state index in [2.05, 4.69) is 0 Å². The molecule has 1 rings (SSSR count). The molecular formula is C6H2CuF3. The predicted octanol–water partition coefficient (Wildman–Crippen LogP) is 1.90. The van der Waals surface area contributed by atoms with Crippen LogP contribution < -0.4 is 0 Å². The average Bonchev–Trinajstić information content (AvgIpc) is 1.59. The molecule has 0 saturated heterocycles. The van der Waals surface area contributed by atoms with E-state index in [1.807, 2.05) is 0 Å². The molecule has 4 heteroatoms. The van der Waals surface area contributed by atoms with Gasteiger partial charge in [-0.05, 0) is 0 Å². The summed E-state index contributed by atoms with van der Waals surface area (Å²) in [6.45, 7) is 0. The van der Waals surface area contributed by atoms with Crippen LogP contribution in [0.4, 0.5) is 13.2 Å². The summed E-state index contributed by atoms with van der Waals surface area (Å²) in [6, 6.07) is 2.75. The fourth-order valence-electron chi connectivity index (χ4n) is 0.470. The molecule has 0 aliphatic heterocycles. The second-order valence-corrected chi connectivity index (χ2v) is 1.49. The van der Waals surface area contributed by atoms with Crippen molar-refractivity contribution in [2.75, 3.05) is 0 Å². The minimum absolute atomic E-state index is 0. The van der Waals surface area contributed by atoms with E-state index in [1.54, 1.807) is 6.07 Å². The SMILES string of the molecule is Fc1[c-]c(F)cc(F)c1.[Cu+]. The van der Waals surface area contributed by atoms with Crippen molar-refractivity contribution in [3.8, 4) is 0 Å². The Morgan fingerprint density at radius 1 is 1.00 bits per heavy atom. The van der Waals surface area contributed by atoms with Crippen molar-refractivity contribution in [2.24, 2.45) is 0 Å². The molecule has 0 N–H and O–H groups in total. The first-order chi connectivity index (χ1) is 4.18. The van der Waals surface area contributed by atoms with Crippen LogP contribution in [0.15, 0.2) is 12.1 Å². The van der Waals surface area contributed by atoms with Crippen LogP contribution in [0.5, 0.6) is 0 Å². The van der Waals surface area contributed by atoms with Gasteiger partial charge in [0.25, 0.3) is 0 Å². The normalized spacial score (nSPS) is 8.70. The summed E-state index contributed by atoms with van der Waals surface area (Å²) in [4.78, 5) is 0. The molecule has 0 saturated carbocycles. The Morgan fingerprint density at radius 3 is 1.70 bits per heavy atom. The minimum atomic E-state index is -1.02. The van der Waals surface area contributed by atoms with E-state index in [0.29, 0.717) is 12.1 Å². The Hall–Kier alpha value is -0.471. The third-order valence-corrected chi connectivity index (χ3v) is 0.768. The fourth-order valence-corrected chi connectivity index (χ4v) is 0.470. The minimum Gasteiger partial charge on any atom is -0.236 e. The fraction of sp³-hybridized carbons (Fsp3) is 0. The van der Waals surface area contributed by atoms with Gasteiger partial charge in [-0.1, -0.05) is 0 Å². The summed E-state index contributed by atoms with van der Waals surface area (Å²) in [6.07, 6.45) is 0. The van der Waals surface area contributed by atoms with Gasteiger partial charge in [-0.15, -0.1) is 18.2 Å². The third kappa shape index (κ3) is 2.41. The first-order valence-corrected chi connectivity index (χ1v) is 2.22. The molecule has 0 atom stereocenters. The predicted molar refractivity (Wildman–Crippen MR) is 25.2 cm³/mol. The average molecular weight is 195 g/mol. The molecular weight excluding hydrogens is 193 g/mol. The van der Waals surface area contributed by atoms with Gasteiger partial charge in [0.2, 0.25) is 0 Å². The van der Waals surface area contributed by atoms with Gasteiger partial charge in [-0.3, -0.25) is 0 Å². The molecule has 0 aromatic heterocycles. The summed E-state index contributed by atoms with van der Waals surface area (Å²) in [7, 11) is 0. The van der Waals surface area contributed by atoms with Crippen LogP contribution in [-0.4, -0.2) is 0 Å². The molecule has 0 radical (unpaired) electrons. The topological polar surface area (TPSA) is 0 Å². The Bertz CT molecular complexity index is 174. The van der Waals surface area contributed by atoms with Crippen LogP contribution in [0, 0.1) is 23.5 Å². The van der Waals surface area contributed by atoms with Gasteiger partial charge in [0, 0.05) is 17.5 Å². The van der Waals surface area contributed by atoms with Crippen molar-refractivity contribution in [1.29, 1.82) is 0 Å². The zero-order valence-corrected chi connectivity index (χ0v) is 5.53. The van der Waals surface area contributed by atoms with E-state index in [0.717, 1.165) is 0 Å². The first-order valence-electron chi connectivity index (χ1n) is 2.22. The second kappa shape index (κ2) is 3.64. The Balaban J connectivity index is 0.000000810. The Morgan fingerprint density at radius 2 is 1.40 bits per heavy atom. The van der Waals surface area contributed by atoms with Gasteiger partial charge in [0.15, 0.2) is 0 Å². The van der Waals surface area contributed by atoms with Crippen molar-refractivity contribution < 1.29 is 30.2 Å². The Labute approximate surface area is 66.5 Å². The van der Waals surface area contributed by atoms with Crippen LogP contribution in [-0.2, 0) is 17.1 Å². The summed E-state index contributed by atoms with van der Waals surface area (Å²) in [5.41, 5.74) is 0. The molecule has 1 aromatic carbocycles. The Kier molecular flexibility index (Phi) is 3.47. The molecule has 0 heterocycles. The molecule has 0 bridgehead atoms. The van der Waals surface area contributed by atoms with E-state index in [4.69, 9.17) is 0 Å². The van der Waals surface area contributed by atoms with Crippen molar-refractivity contribution in [2.45, 2.75) is 0 Å². The molecule has 0 spiro atoms. The van der Waals surface area contributed by atoms with Crippen LogP contribution in [0.25, 0.3) is 0 Å². The maximum absolute atomic E-state index is 11.9. The van der Waals surface area contributed by atoms with Gasteiger partial charge in [-0.25, -0.2) is 13.2 Å². The second-order valence-electron chi connectivity index (χ2n) is 1.49. The van der Waals surface area contributed by atoms with Gasteiger partial charge in [0.1, 0.15) is 0 Å². The molecule has 0 unspecified atom stereocenters. The summed E-state index contributed by atoms with van der Waals surface area (Å²) >= 11 is 0.